The van der Waals surface area contributed by atoms with E-state index in [0.717, 1.165) is 5.56 Å². The number of rotatable bonds is 4. The number of H-pyrrole nitrogens is 1. The molecule has 1 N–H and O–H groups in total. The zero-order valence-corrected chi connectivity index (χ0v) is 15.4. The molecule has 0 saturated heterocycles. The molecule has 1 aliphatic heterocycles. The Kier molecular flexibility index (Phi) is 4.75. The fourth-order valence-corrected chi connectivity index (χ4v) is 3.79. The molecule has 8 heteroatoms. The van der Waals surface area contributed by atoms with E-state index in [-0.39, 0.29) is 12.4 Å². The quantitative estimate of drug-likeness (QED) is 0.529. The highest BCUT2D eigenvalue weighted by Crippen LogP contribution is 2.36. The lowest BCUT2D eigenvalue weighted by molar-refractivity contribution is 0.174. The Hall–Kier alpha value is -2.95. The summed E-state index contributed by atoms with van der Waals surface area (Å²) in [5, 5.41) is 10.5. The number of benzene rings is 2. The third-order valence-corrected chi connectivity index (χ3v) is 5.27. The highest BCUT2D eigenvalue weighted by Gasteiger charge is 2.18. The Morgan fingerprint density at radius 2 is 2.04 bits per heavy atom. The van der Waals surface area contributed by atoms with Crippen LogP contribution in [0.1, 0.15) is 11.1 Å². The van der Waals surface area contributed by atoms with Crippen LogP contribution < -0.4 is 15.0 Å². The van der Waals surface area contributed by atoms with Gasteiger partial charge in [0.1, 0.15) is 11.6 Å². The number of ether oxygens (including phenoxy) is 2. The highest BCUT2D eigenvalue weighted by atomic mass is 35.5. The van der Waals surface area contributed by atoms with Crippen LogP contribution >= 0.6 is 23.4 Å². The first-order chi connectivity index (χ1) is 13.2. The Morgan fingerprint density at radius 3 is 2.85 bits per heavy atom. The molecule has 6 nitrogen and oxygen atoms in total. The van der Waals surface area contributed by atoms with Gasteiger partial charge in [-0.15, -0.1) is 0 Å². The summed E-state index contributed by atoms with van der Waals surface area (Å²) in [5.41, 5.74) is 1.32. The van der Waals surface area contributed by atoms with E-state index in [4.69, 9.17) is 21.1 Å². The third-order valence-electron chi connectivity index (χ3n) is 3.98. The molecule has 0 saturated carbocycles. The first-order valence-electron chi connectivity index (χ1n) is 7.96. The molecule has 1 aromatic heterocycles. The monoisotopic (exact) mass is 397 g/mol. The SMILES string of the molecule is N#Cc1c(-c2ccc3c(c2)OCO3)nc(SCc2ccccc2Cl)[nH]c1=O. The largest absolute Gasteiger partial charge is 0.454 e. The molecular formula is C19H12ClN3O3S. The Morgan fingerprint density at radius 1 is 1.22 bits per heavy atom. The van der Waals surface area contributed by atoms with Crippen molar-refractivity contribution < 1.29 is 9.47 Å². The van der Waals surface area contributed by atoms with Gasteiger partial charge < -0.3 is 14.5 Å². The van der Waals surface area contributed by atoms with E-state index >= 15 is 0 Å². The zero-order chi connectivity index (χ0) is 18.8. The van der Waals surface area contributed by atoms with Crippen LogP contribution in [-0.4, -0.2) is 16.8 Å². The van der Waals surface area contributed by atoms with E-state index in [2.05, 4.69) is 9.97 Å². The molecule has 0 atom stereocenters. The molecule has 0 fully saturated rings. The summed E-state index contributed by atoms with van der Waals surface area (Å²) in [6.45, 7) is 0.144. The van der Waals surface area contributed by atoms with Crippen molar-refractivity contribution in [2.75, 3.05) is 6.79 Å². The van der Waals surface area contributed by atoms with Gasteiger partial charge in [-0.05, 0) is 29.8 Å². The number of thioether (sulfide) groups is 1. The minimum atomic E-state index is -0.484. The molecule has 0 unspecified atom stereocenters. The van der Waals surface area contributed by atoms with Crippen molar-refractivity contribution in [3.8, 4) is 28.8 Å². The fourth-order valence-electron chi connectivity index (χ4n) is 2.64. The highest BCUT2D eigenvalue weighted by molar-refractivity contribution is 7.98. The van der Waals surface area contributed by atoms with Crippen molar-refractivity contribution >= 4 is 23.4 Å². The average molecular weight is 398 g/mol. The number of hydrogen-bond acceptors (Lipinski definition) is 6. The first-order valence-corrected chi connectivity index (χ1v) is 9.32. The van der Waals surface area contributed by atoms with E-state index in [1.54, 1.807) is 18.2 Å². The molecule has 4 rings (SSSR count). The number of nitriles is 1. The molecule has 2 heterocycles. The molecule has 134 valence electrons. The van der Waals surface area contributed by atoms with Crippen molar-refractivity contribution in [3.63, 3.8) is 0 Å². The van der Waals surface area contributed by atoms with Gasteiger partial charge in [0.05, 0.1) is 5.69 Å². The normalized spacial score (nSPS) is 12.0. The lowest BCUT2D eigenvalue weighted by atomic mass is 10.1. The number of nitrogens with zero attached hydrogens (tertiary/aromatic N) is 2. The summed E-state index contributed by atoms with van der Waals surface area (Å²) in [4.78, 5) is 19.5. The Balaban J connectivity index is 1.70. The van der Waals surface area contributed by atoms with E-state index in [1.165, 1.54) is 11.8 Å². The molecule has 0 spiro atoms. The van der Waals surface area contributed by atoms with E-state index in [0.29, 0.717) is 38.7 Å². The van der Waals surface area contributed by atoms with Gasteiger partial charge in [0, 0.05) is 16.3 Å². The summed E-state index contributed by atoms with van der Waals surface area (Å²) < 4.78 is 10.7. The lowest BCUT2D eigenvalue weighted by Gasteiger charge is -2.08. The second-order valence-corrected chi connectivity index (χ2v) is 7.03. The van der Waals surface area contributed by atoms with Crippen molar-refractivity contribution in [1.29, 1.82) is 5.26 Å². The van der Waals surface area contributed by atoms with Crippen molar-refractivity contribution in [1.82, 2.24) is 9.97 Å². The smallest absolute Gasteiger partial charge is 0.270 e. The number of nitrogens with one attached hydrogen (secondary N) is 1. The summed E-state index contributed by atoms with van der Waals surface area (Å²) in [7, 11) is 0. The van der Waals surface area contributed by atoms with Gasteiger partial charge in [-0.3, -0.25) is 4.79 Å². The summed E-state index contributed by atoms with van der Waals surface area (Å²) in [5.74, 6) is 1.72. The second-order valence-electron chi connectivity index (χ2n) is 5.65. The summed E-state index contributed by atoms with van der Waals surface area (Å²) in [6.07, 6.45) is 0. The van der Waals surface area contributed by atoms with Crippen LogP contribution in [0.3, 0.4) is 0 Å². The van der Waals surface area contributed by atoms with Gasteiger partial charge in [-0.25, -0.2) is 4.98 Å². The molecule has 27 heavy (non-hydrogen) atoms. The summed E-state index contributed by atoms with van der Waals surface area (Å²) in [6, 6.07) is 14.6. The topological polar surface area (TPSA) is 88.0 Å². The Labute approximate surface area is 163 Å². The van der Waals surface area contributed by atoms with Crippen LogP contribution in [0.25, 0.3) is 11.3 Å². The van der Waals surface area contributed by atoms with Gasteiger partial charge in [0.2, 0.25) is 6.79 Å². The van der Waals surface area contributed by atoms with Gasteiger partial charge >= 0.3 is 0 Å². The summed E-state index contributed by atoms with van der Waals surface area (Å²) >= 11 is 7.52. The predicted octanol–water partition coefficient (Wildman–Crippen LogP) is 3.98. The van der Waals surface area contributed by atoms with Crippen molar-refractivity contribution in [2.24, 2.45) is 0 Å². The maximum Gasteiger partial charge on any atom is 0.270 e. The second kappa shape index (κ2) is 7.35. The van der Waals surface area contributed by atoms with Crippen LogP contribution in [0.4, 0.5) is 0 Å². The maximum atomic E-state index is 12.4. The third kappa shape index (κ3) is 3.50. The van der Waals surface area contributed by atoms with Crippen molar-refractivity contribution in [2.45, 2.75) is 10.9 Å². The number of halogens is 1. The number of aromatic amines is 1. The molecule has 2 aromatic carbocycles. The number of aromatic nitrogens is 2. The van der Waals surface area contributed by atoms with E-state index < -0.39 is 5.56 Å². The van der Waals surface area contributed by atoms with Crippen LogP contribution in [0.2, 0.25) is 5.02 Å². The number of hydrogen-bond donors (Lipinski definition) is 1. The number of fused-ring (bicyclic) bond motifs is 1. The molecule has 0 bridgehead atoms. The lowest BCUT2D eigenvalue weighted by Crippen LogP contribution is -2.14. The van der Waals surface area contributed by atoms with Gasteiger partial charge in [-0.2, -0.15) is 5.26 Å². The zero-order valence-electron chi connectivity index (χ0n) is 13.9. The van der Waals surface area contributed by atoms with Crippen LogP contribution in [0, 0.1) is 11.3 Å². The van der Waals surface area contributed by atoms with Gasteiger partial charge in [0.25, 0.3) is 5.56 Å². The van der Waals surface area contributed by atoms with E-state index in [1.807, 2.05) is 30.3 Å². The Bertz CT molecular complexity index is 1120. The molecule has 0 radical (unpaired) electrons. The first kappa shape index (κ1) is 17.5. The predicted molar refractivity (Wildman–Crippen MR) is 102 cm³/mol. The molecule has 1 aliphatic rings. The average Bonchev–Trinajstić information content (AvgIpc) is 3.14. The molecular weight excluding hydrogens is 386 g/mol. The van der Waals surface area contributed by atoms with Crippen molar-refractivity contribution in [3.05, 3.63) is 69.0 Å². The molecule has 0 aliphatic carbocycles. The standard InChI is InChI=1S/C19H12ClN3O3S/c20-14-4-2-1-3-12(14)9-27-19-22-17(13(8-21)18(24)23-19)11-5-6-15-16(7-11)26-10-25-15/h1-7H,9-10H2,(H,22,23,24). The molecule has 0 amide bonds. The van der Waals surface area contributed by atoms with Crippen LogP contribution in [0.15, 0.2) is 52.4 Å². The minimum Gasteiger partial charge on any atom is -0.454 e. The minimum absolute atomic E-state index is 0.0454. The van der Waals surface area contributed by atoms with Crippen LogP contribution in [-0.2, 0) is 5.75 Å². The molecule has 3 aromatic rings. The fraction of sp³-hybridized carbons (Fsp3) is 0.105. The van der Waals surface area contributed by atoms with E-state index in [9.17, 15) is 10.1 Å². The van der Waals surface area contributed by atoms with Gasteiger partial charge in [-0.1, -0.05) is 41.6 Å². The maximum absolute atomic E-state index is 12.4. The van der Waals surface area contributed by atoms with Crippen LogP contribution in [0.5, 0.6) is 11.5 Å². The van der Waals surface area contributed by atoms with Gasteiger partial charge in [0.15, 0.2) is 16.7 Å².